The summed E-state index contributed by atoms with van der Waals surface area (Å²) in [6.45, 7) is 7.39. The predicted octanol–water partition coefficient (Wildman–Crippen LogP) is 3.61. The Morgan fingerprint density at radius 1 is 0.810 bits per heavy atom. The van der Waals surface area contributed by atoms with Crippen LogP contribution in [0.3, 0.4) is 0 Å². The normalized spacial score (nSPS) is 18.8. The maximum absolute atomic E-state index is 13.9. The molecule has 1 saturated heterocycles. The Bertz CT molecular complexity index is 1110. The highest BCUT2D eigenvalue weighted by molar-refractivity contribution is 6.30. The number of rotatable bonds is 15. The van der Waals surface area contributed by atoms with Crippen molar-refractivity contribution >= 4 is 35.0 Å². The van der Waals surface area contributed by atoms with Gasteiger partial charge in [-0.25, -0.2) is 0 Å². The van der Waals surface area contributed by atoms with Crippen molar-refractivity contribution in [2.24, 2.45) is 23.1 Å². The van der Waals surface area contributed by atoms with Crippen LogP contribution in [0, 0.1) is 5.92 Å². The molecule has 0 aliphatic carbocycles. The van der Waals surface area contributed by atoms with E-state index < -0.39 is 12.1 Å². The number of nitrogens with zero attached hydrogens (tertiary/aromatic N) is 2. The van der Waals surface area contributed by atoms with E-state index in [0.29, 0.717) is 48.4 Å². The van der Waals surface area contributed by atoms with Crippen molar-refractivity contribution in [1.82, 2.24) is 15.1 Å². The zero-order chi connectivity index (χ0) is 30.6. The second-order valence-corrected chi connectivity index (χ2v) is 12.7. The molecule has 0 radical (unpaired) electrons. The molecule has 1 aliphatic heterocycles. The van der Waals surface area contributed by atoms with Gasteiger partial charge in [0.05, 0.1) is 12.1 Å². The molecule has 1 fully saturated rings. The van der Waals surface area contributed by atoms with Gasteiger partial charge in [0.2, 0.25) is 11.8 Å². The minimum atomic E-state index is -0.686. The van der Waals surface area contributed by atoms with Crippen molar-refractivity contribution in [1.29, 1.82) is 0 Å². The van der Waals surface area contributed by atoms with Crippen LogP contribution in [0.4, 0.5) is 0 Å². The molecule has 8 nitrogen and oxygen atoms in total. The van der Waals surface area contributed by atoms with Crippen molar-refractivity contribution in [3.63, 3.8) is 0 Å². The third-order valence-corrected chi connectivity index (χ3v) is 8.34. The minimum Gasteiger partial charge on any atom is -0.335 e. The lowest BCUT2D eigenvalue weighted by molar-refractivity contribution is -0.149. The Kier molecular flexibility index (Phi) is 14.0. The molecule has 3 rings (SSSR count). The zero-order valence-corrected chi connectivity index (χ0v) is 26.5. The van der Waals surface area contributed by atoms with Crippen LogP contribution < -0.4 is 22.5 Å². The van der Waals surface area contributed by atoms with E-state index in [2.05, 4.69) is 19.2 Å². The fourth-order valence-electron chi connectivity index (χ4n) is 5.69. The van der Waals surface area contributed by atoms with Crippen molar-refractivity contribution in [2.75, 3.05) is 32.7 Å². The van der Waals surface area contributed by atoms with Crippen molar-refractivity contribution < 1.29 is 9.59 Å². The highest BCUT2D eigenvalue weighted by Gasteiger charge is 2.40. The molecule has 2 aromatic carbocycles. The molecule has 42 heavy (non-hydrogen) atoms. The van der Waals surface area contributed by atoms with E-state index in [9.17, 15) is 9.59 Å². The van der Waals surface area contributed by atoms with E-state index in [1.165, 1.54) is 0 Å². The first-order valence-electron chi connectivity index (χ1n) is 15.1. The zero-order valence-electron chi connectivity index (χ0n) is 25.0. The number of nitrogens with one attached hydrogen (secondary N) is 1. The first-order chi connectivity index (χ1) is 20.1. The lowest BCUT2D eigenvalue weighted by Gasteiger charge is -2.48. The van der Waals surface area contributed by atoms with Gasteiger partial charge in [0.1, 0.15) is 0 Å². The molecule has 1 aliphatic rings. The van der Waals surface area contributed by atoms with Gasteiger partial charge in [-0.15, -0.1) is 0 Å². The van der Waals surface area contributed by atoms with Crippen LogP contribution in [-0.4, -0.2) is 78.5 Å². The van der Waals surface area contributed by atoms with Crippen molar-refractivity contribution in [2.45, 2.75) is 76.5 Å². The molecule has 7 N–H and O–H groups in total. The summed E-state index contributed by atoms with van der Waals surface area (Å²) in [5.41, 5.74) is 20.5. The van der Waals surface area contributed by atoms with Crippen LogP contribution in [0.2, 0.25) is 10.0 Å². The number of hydrogen-bond acceptors (Lipinski definition) is 6. The molecule has 0 bridgehead atoms. The molecule has 10 heteroatoms. The van der Waals surface area contributed by atoms with Crippen LogP contribution in [0.1, 0.15) is 50.7 Å². The summed E-state index contributed by atoms with van der Waals surface area (Å²) in [6, 6.07) is 13.2. The molecular formula is C32H48Cl2N6O2. The van der Waals surface area contributed by atoms with E-state index in [4.69, 9.17) is 40.4 Å². The lowest BCUT2D eigenvalue weighted by Crippen LogP contribution is -2.65. The topological polar surface area (TPSA) is 131 Å². The number of amides is 2. The van der Waals surface area contributed by atoms with E-state index >= 15 is 0 Å². The second-order valence-electron chi connectivity index (χ2n) is 11.8. The average Bonchev–Trinajstić information content (AvgIpc) is 2.96. The summed E-state index contributed by atoms with van der Waals surface area (Å²) in [5, 5.41) is 4.62. The Morgan fingerprint density at radius 2 is 1.29 bits per heavy atom. The fraction of sp³-hybridized carbons (Fsp3) is 0.562. The number of benzene rings is 2. The summed E-state index contributed by atoms with van der Waals surface area (Å²) in [5.74, 6) is 0.174. The molecular weight excluding hydrogens is 571 g/mol. The first kappa shape index (κ1) is 34.3. The number of carbonyl (C=O) groups is 2. The molecule has 1 unspecified atom stereocenters. The van der Waals surface area contributed by atoms with Crippen LogP contribution >= 0.6 is 23.2 Å². The maximum Gasteiger partial charge on any atom is 0.240 e. The van der Waals surface area contributed by atoms with Crippen LogP contribution in [0.25, 0.3) is 0 Å². The van der Waals surface area contributed by atoms with Gasteiger partial charge in [-0.05, 0) is 80.0 Å². The standard InChI is InChI=1S/C32H48Cl2N6O2/c1-22(2)17-28-21-39(31(41)29(36)18-23-6-10-25(33)11-7-23)27(5-3-4-15-38-16-14-35)20-40(28)32(42)30(37)19-24-8-12-26(34)13-9-24/h6-13,22,27-30,38H,3-5,14-21,35-37H2,1-2H3/t27-,28+,29?,30+/m0/s1. The number of hydrogen-bond donors (Lipinski definition) is 4. The summed E-state index contributed by atoms with van der Waals surface area (Å²) >= 11 is 12.1. The molecule has 4 atom stereocenters. The van der Waals surface area contributed by atoms with E-state index in [1.54, 1.807) is 0 Å². The molecule has 1 heterocycles. The van der Waals surface area contributed by atoms with E-state index in [0.717, 1.165) is 49.9 Å². The maximum atomic E-state index is 13.9. The Labute approximate surface area is 261 Å². The summed E-state index contributed by atoms with van der Waals surface area (Å²) < 4.78 is 0. The number of piperazine rings is 1. The molecule has 0 spiro atoms. The predicted molar refractivity (Wildman–Crippen MR) is 172 cm³/mol. The van der Waals surface area contributed by atoms with Gasteiger partial charge in [0.25, 0.3) is 0 Å². The average molecular weight is 620 g/mol. The van der Waals surface area contributed by atoms with Gasteiger partial charge in [-0.2, -0.15) is 0 Å². The second kappa shape index (κ2) is 17.2. The third kappa shape index (κ3) is 10.5. The Hall–Kier alpha value is -2.20. The third-order valence-electron chi connectivity index (χ3n) is 7.84. The summed E-state index contributed by atoms with van der Waals surface area (Å²) in [6.07, 6.45) is 4.25. The van der Waals surface area contributed by atoms with E-state index in [1.807, 2.05) is 58.3 Å². The van der Waals surface area contributed by atoms with Gasteiger partial charge in [0, 0.05) is 48.3 Å². The van der Waals surface area contributed by atoms with Crippen LogP contribution in [0.5, 0.6) is 0 Å². The Morgan fingerprint density at radius 3 is 1.76 bits per heavy atom. The molecule has 0 saturated carbocycles. The monoisotopic (exact) mass is 618 g/mol. The Balaban J connectivity index is 1.78. The SMILES string of the molecule is CC(C)C[C@@H]1CN(C(=O)C(N)Cc2ccc(Cl)cc2)[C@@H](CCCCNCCN)CN1C(=O)[C@H](N)Cc1ccc(Cl)cc1. The summed E-state index contributed by atoms with van der Waals surface area (Å²) in [4.78, 5) is 31.6. The van der Waals surface area contributed by atoms with Gasteiger partial charge >= 0.3 is 0 Å². The largest absolute Gasteiger partial charge is 0.335 e. The number of nitrogens with two attached hydrogens (primary N) is 3. The van der Waals surface area contributed by atoms with Gasteiger partial charge in [-0.1, -0.05) is 67.7 Å². The molecule has 2 amide bonds. The smallest absolute Gasteiger partial charge is 0.240 e. The number of halogens is 2. The fourth-order valence-corrected chi connectivity index (χ4v) is 5.94. The summed E-state index contributed by atoms with van der Waals surface area (Å²) in [7, 11) is 0. The number of unbranched alkanes of at least 4 members (excludes halogenated alkanes) is 1. The molecule has 2 aromatic rings. The van der Waals surface area contributed by atoms with Crippen molar-refractivity contribution in [3.05, 3.63) is 69.7 Å². The van der Waals surface area contributed by atoms with Gasteiger partial charge < -0.3 is 32.3 Å². The van der Waals surface area contributed by atoms with Crippen LogP contribution in [0.15, 0.2) is 48.5 Å². The van der Waals surface area contributed by atoms with Gasteiger partial charge in [0.15, 0.2) is 0 Å². The minimum absolute atomic E-state index is 0.0808. The molecule has 232 valence electrons. The van der Waals surface area contributed by atoms with E-state index in [-0.39, 0.29) is 23.9 Å². The van der Waals surface area contributed by atoms with Gasteiger partial charge in [-0.3, -0.25) is 9.59 Å². The van der Waals surface area contributed by atoms with Crippen molar-refractivity contribution in [3.8, 4) is 0 Å². The lowest BCUT2D eigenvalue weighted by atomic mass is 9.93. The highest BCUT2D eigenvalue weighted by Crippen LogP contribution is 2.26. The number of carbonyl (C=O) groups excluding carboxylic acids is 2. The molecule has 0 aromatic heterocycles. The quantitative estimate of drug-likeness (QED) is 0.226. The highest BCUT2D eigenvalue weighted by atomic mass is 35.5. The van der Waals surface area contributed by atoms with Crippen LogP contribution in [-0.2, 0) is 22.4 Å². The first-order valence-corrected chi connectivity index (χ1v) is 15.9.